The van der Waals surface area contributed by atoms with Crippen LogP contribution in [-0.2, 0) is 16.6 Å². The van der Waals surface area contributed by atoms with Crippen molar-refractivity contribution in [3.05, 3.63) is 106 Å². The van der Waals surface area contributed by atoms with Gasteiger partial charge in [0.25, 0.3) is 5.56 Å². The van der Waals surface area contributed by atoms with E-state index in [9.17, 15) is 9.59 Å². The molecule has 1 aliphatic carbocycles. The number of amides is 1. The fourth-order valence-electron chi connectivity index (χ4n) is 4.71. The Labute approximate surface area is 209 Å². The third kappa shape index (κ3) is 4.42. The van der Waals surface area contributed by atoms with E-state index in [4.69, 9.17) is 4.98 Å². The standard InChI is InChI=1S/C29H27N3O2S/c1-3-29(2)18-20-12-10-11-17-23(20)26-25(29)27(34)32(22-15-8-5-9-16-22)28(31-26)35-19-24(33)30-21-13-6-4-7-14-21/h4-17H,3,18-19H2,1-2H3,(H,30,33)/t29-/m1/s1. The number of carbonyl (C=O) groups is 1. The van der Waals surface area contributed by atoms with Crippen LogP contribution >= 0.6 is 11.8 Å². The summed E-state index contributed by atoms with van der Waals surface area (Å²) in [7, 11) is 0. The number of hydrogen-bond acceptors (Lipinski definition) is 4. The summed E-state index contributed by atoms with van der Waals surface area (Å²) in [6.07, 6.45) is 1.62. The van der Waals surface area contributed by atoms with Crippen LogP contribution in [0.15, 0.2) is 94.9 Å². The number of para-hydroxylation sites is 2. The van der Waals surface area contributed by atoms with E-state index in [-0.39, 0.29) is 22.6 Å². The van der Waals surface area contributed by atoms with E-state index in [0.29, 0.717) is 5.16 Å². The first kappa shape index (κ1) is 23.1. The number of nitrogens with zero attached hydrogens (tertiary/aromatic N) is 2. The molecule has 0 spiro atoms. The zero-order valence-electron chi connectivity index (χ0n) is 19.8. The molecule has 0 saturated heterocycles. The molecular formula is C29H27N3O2S. The van der Waals surface area contributed by atoms with Gasteiger partial charge in [0.2, 0.25) is 5.91 Å². The molecule has 5 rings (SSSR count). The number of aromatic nitrogens is 2. The molecule has 0 bridgehead atoms. The molecular weight excluding hydrogens is 454 g/mol. The summed E-state index contributed by atoms with van der Waals surface area (Å²) in [6, 6.07) is 27.1. The van der Waals surface area contributed by atoms with Crippen molar-refractivity contribution in [3.63, 3.8) is 0 Å². The summed E-state index contributed by atoms with van der Waals surface area (Å²) < 4.78 is 1.67. The molecule has 0 saturated carbocycles. The van der Waals surface area contributed by atoms with Crippen molar-refractivity contribution < 1.29 is 4.79 Å². The normalized spacial score (nSPS) is 16.3. The van der Waals surface area contributed by atoms with Crippen LogP contribution in [0.25, 0.3) is 16.9 Å². The molecule has 1 N–H and O–H groups in total. The minimum Gasteiger partial charge on any atom is -0.325 e. The third-order valence-electron chi connectivity index (χ3n) is 6.69. The van der Waals surface area contributed by atoms with E-state index in [1.54, 1.807) is 4.57 Å². The van der Waals surface area contributed by atoms with Crippen molar-refractivity contribution in [1.82, 2.24) is 9.55 Å². The molecule has 1 heterocycles. The number of carbonyl (C=O) groups excluding carboxylic acids is 1. The number of rotatable bonds is 6. The third-order valence-corrected chi connectivity index (χ3v) is 7.63. The highest BCUT2D eigenvalue weighted by molar-refractivity contribution is 7.99. The number of fused-ring (bicyclic) bond motifs is 3. The summed E-state index contributed by atoms with van der Waals surface area (Å²) in [5.41, 5.74) is 4.79. The van der Waals surface area contributed by atoms with Crippen molar-refractivity contribution in [2.45, 2.75) is 37.3 Å². The van der Waals surface area contributed by atoms with Crippen LogP contribution in [0.5, 0.6) is 0 Å². The Morgan fingerprint density at radius 3 is 2.37 bits per heavy atom. The van der Waals surface area contributed by atoms with Gasteiger partial charge in [0, 0.05) is 16.7 Å². The Morgan fingerprint density at radius 2 is 1.66 bits per heavy atom. The first-order chi connectivity index (χ1) is 17.0. The van der Waals surface area contributed by atoms with Crippen LogP contribution in [0.3, 0.4) is 0 Å². The zero-order chi connectivity index (χ0) is 24.4. The molecule has 1 aromatic heterocycles. The van der Waals surface area contributed by atoms with Crippen molar-refractivity contribution in [1.29, 1.82) is 0 Å². The minimum absolute atomic E-state index is 0.0639. The van der Waals surface area contributed by atoms with E-state index in [0.717, 1.165) is 41.0 Å². The van der Waals surface area contributed by atoms with Gasteiger partial charge in [0.1, 0.15) is 0 Å². The van der Waals surface area contributed by atoms with Crippen LogP contribution in [0, 0.1) is 0 Å². The first-order valence-corrected chi connectivity index (χ1v) is 12.8. The second kappa shape index (κ2) is 9.55. The van der Waals surface area contributed by atoms with Crippen LogP contribution in [-0.4, -0.2) is 21.2 Å². The highest BCUT2D eigenvalue weighted by atomic mass is 32.2. The summed E-state index contributed by atoms with van der Waals surface area (Å²) in [5, 5.41) is 3.42. The van der Waals surface area contributed by atoms with Gasteiger partial charge >= 0.3 is 0 Å². The van der Waals surface area contributed by atoms with Crippen LogP contribution in [0.2, 0.25) is 0 Å². The molecule has 176 valence electrons. The number of thioether (sulfide) groups is 1. The van der Waals surface area contributed by atoms with Gasteiger partial charge in [-0.2, -0.15) is 0 Å². The van der Waals surface area contributed by atoms with E-state index in [1.165, 1.54) is 17.3 Å². The second-order valence-corrected chi connectivity index (χ2v) is 9.99. The predicted molar refractivity (Wildman–Crippen MR) is 142 cm³/mol. The molecule has 0 fully saturated rings. The summed E-state index contributed by atoms with van der Waals surface area (Å²) in [4.78, 5) is 31.9. The minimum atomic E-state index is -0.321. The van der Waals surface area contributed by atoms with Gasteiger partial charge < -0.3 is 5.32 Å². The van der Waals surface area contributed by atoms with Crippen molar-refractivity contribution in [2.24, 2.45) is 0 Å². The fraction of sp³-hybridized carbons (Fsp3) is 0.207. The van der Waals surface area contributed by atoms with Gasteiger partial charge in [-0.3, -0.25) is 14.2 Å². The smallest absolute Gasteiger partial charge is 0.263 e. The number of nitrogens with one attached hydrogen (secondary N) is 1. The molecule has 1 aliphatic rings. The first-order valence-electron chi connectivity index (χ1n) is 11.8. The van der Waals surface area contributed by atoms with Crippen LogP contribution < -0.4 is 10.9 Å². The zero-order valence-corrected chi connectivity index (χ0v) is 20.6. The molecule has 0 unspecified atom stereocenters. The van der Waals surface area contributed by atoms with E-state index >= 15 is 0 Å². The largest absolute Gasteiger partial charge is 0.325 e. The van der Waals surface area contributed by atoms with Gasteiger partial charge in [-0.05, 0) is 42.7 Å². The monoisotopic (exact) mass is 481 g/mol. The molecule has 1 atom stereocenters. The molecule has 5 nitrogen and oxygen atoms in total. The Balaban J connectivity index is 1.62. The maximum Gasteiger partial charge on any atom is 0.263 e. The predicted octanol–water partition coefficient (Wildman–Crippen LogP) is 5.85. The van der Waals surface area contributed by atoms with Gasteiger partial charge in [-0.1, -0.05) is 86.3 Å². The lowest BCUT2D eigenvalue weighted by atomic mass is 9.69. The van der Waals surface area contributed by atoms with E-state index in [2.05, 4.69) is 25.2 Å². The topological polar surface area (TPSA) is 64.0 Å². The summed E-state index contributed by atoms with van der Waals surface area (Å²) in [5.74, 6) is -0.00815. The molecule has 3 aromatic carbocycles. The molecule has 4 aromatic rings. The SMILES string of the molecule is CC[C@]1(C)Cc2ccccc2-c2nc(SCC(=O)Nc3ccccc3)n(-c3ccccc3)c(=O)c21. The van der Waals surface area contributed by atoms with E-state index in [1.807, 2.05) is 78.9 Å². The molecule has 0 radical (unpaired) electrons. The molecule has 0 aliphatic heterocycles. The molecule has 35 heavy (non-hydrogen) atoms. The van der Waals surface area contributed by atoms with Gasteiger partial charge in [0.05, 0.1) is 22.7 Å². The van der Waals surface area contributed by atoms with Crippen molar-refractivity contribution in [3.8, 4) is 16.9 Å². The number of benzene rings is 3. The average molecular weight is 482 g/mol. The summed E-state index contributed by atoms with van der Waals surface area (Å²) in [6.45, 7) is 4.28. The Bertz CT molecular complexity index is 1430. The number of anilines is 1. The summed E-state index contributed by atoms with van der Waals surface area (Å²) >= 11 is 1.28. The fourth-order valence-corrected chi connectivity index (χ4v) is 5.51. The lowest BCUT2D eigenvalue weighted by Crippen LogP contribution is -2.39. The molecule has 1 amide bonds. The Morgan fingerprint density at radius 1 is 1.00 bits per heavy atom. The second-order valence-electron chi connectivity index (χ2n) is 9.05. The quantitative estimate of drug-likeness (QED) is 0.277. The Kier molecular flexibility index (Phi) is 6.31. The number of hydrogen-bond donors (Lipinski definition) is 1. The highest BCUT2D eigenvalue weighted by Gasteiger charge is 2.38. The average Bonchev–Trinajstić information content (AvgIpc) is 2.88. The maximum atomic E-state index is 14.2. The highest BCUT2D eigenvalue weighted by Crippen LogP contribution is 2.43. The maximum absolute atomic E-state index is 14.2. The van der Waals surface area contributed by atoms with Gasteiger partial charge in [-0.25, -0.2) is 4.98 Å². The van der Waals surface area contributed by atoms with E-state index < -0.39 is 0 Å². The Hall–Kier alpha value is -3.64. The van der Waals surface area contributed by atoms with Crippen molar-refractivity contribution in [2.75, 3.05) is 11.1 Å². The van der Waals surface area contributed by atoms with Crippen LogP contribution in [0.4, 0.5) is 5.69 Å². The lowest BCUT2D eigenvalue weighted by molar-refractivity contribution is -0.113. The van der Waals surface area contributed by atoms with Crippen LogP contribution in [0.1, 0.15) is 31.4 Å². The van der Waals surface area contributed by atoms with Gasteiger partial charge in [0.15, 0.2) is 5.16 Å². The molecule has 6 heteroatoms. The van der Waals surface area contributed by atoms with Gasteiger partial charge in [-0.15, -0.1) is 0 Å². The lowest BCUT2D eigenvalue weighted by Gasteiger charge is -2.35. The van der Waals surface area contributed by atoms with Crippen molar-refractivity contribution >= 4 is 23.4 Å².